The number of hydrogen-bond donors (Lipinski definition) is 1. The lowest BCUT2D eigenvalue weighted by Gasteiger charge is -2.31. The fraction of sp³-hybridized carbons (Fsp3) is 0.684. The maximum absolute atomic E-state index is 9.99. The van der Waals surface area contributed by atoms with Crippen LogP contribution in [0.5, 0.6) is 5.75 Å². The first-order chi connectivity index (χ1) is 10.4. The molecule has 1 aromatic carbocycles. The van der Waals surface area contributed by atoms with E-state index in [1.165, 1.54) is 58.8 Å². The van der Waals surface area contributed by atoms with Crippen molar-refractivity contribution in [1.82, 2.24) is 0 Å². The molecule has 0 amide bonds. The second kappa shape index (κ2) is 9.02. The summed E-state index contributed by atoms with van der Waals surface area (Å²) in [4.78, 5) is 1.41. The Morgan fingerprint density at radius 2 is 1.41 bits per heavy atom. The molecule has 0 aliphatic carbocycles. The largest absolute Gasteiger partial charge is 0.508 e. The minimum atomic E-state index is -1.15. The lowest BCUT2D eigenvalue weighted by Crippen LogP contribution is -2.37. The number of thioether (sulfide) groups is 1. The van der Waals surface area contributed by atoms with Gasteiger partial charge in [-0.2, -0.15) is 0 Å². The third-order valence-electron chi connectivity index (χ3n) is 4.86. The zero-order chi connectivity index (χ0) is 16.8. The van der Waals surface area contributed by atoms with Crippen molar-refractivity contribution in [3.05, 3.63) is 22.8 Å². The maximum Gasteiger partial charge on any atom is 0.119 e. The van der Waals surface area contributed by atoms with Gasteiger partial charge in [0.05, 0.1) is 8.07 Å². The van der Waals surface area contributed by atoms with Crippen LogP contribution >= 0.6 is 11.8 Å². The van der Waals surface area contributed by atoms with E-state index in [-0.39, 0.29) is 0 Å². The minimum Gasteiger partial charge on any atom is -0.508 e. The van der Waals surface area contributed by atoms with Crippen LogP contribution < -0.4 is 0 Å². The molecule has 0 spiro atoms. The predicted octanol–water partition coefficient (Wildman–Crippen LogP) is 6.63. The van der Waals surface area contributed by atoms with Crippen molar-refractivity contribution in [2.45, 2.75) is 83.8 Å². The molecule has 0 aliphatic heterocycles. The number of phenols is 1. The van der Waals surface area contributed by atoms with Gasteiger partial charge in [0, 0.05) is 4.90 Å². The van der Waals surface area contributed by atoms with E-state index in [1.54, 1.807) is 0 Å². The quantitative estimate of drug-likeness (QED) is 0.403. The third-order valence-corrected chi connectivity index (χ3v) is 13.5. The molecule has 126 valence electrons. The van der Waals surface area contributed by atoms with Crippen molar-refractivity contribution in [3.63, 3.8) is 0 Å². The zero-order valence-corrected chi connectivity index (χ0v) is 17.2. The third kappa shape index (κ3) is 4.79. The van der Waals surface area contributed by atoms with Crippen molar-refractivity contribution >= 4 is 19.8 Å². The first-order valence-electron chi connectivity index (χ1n) is 8.83. The van der Waals surface area contributed by atoms with Crippen molar-refractivity contribution < 1.29 is 5.11 Å². The molecule has 0 saturated carbocycles. The van der Waals surface area contributed by atoms with Crippen LogP contribution in [0.15, 0.2) is 11.0 Å². The average molecular weight is 339 g/mol. The van der Waals surface area contributed by atoms with E-state index in [1.807, 2.05) is 13.0 Å². The smallest absolute Gasteiger partial charge is 0.119 e. The summed E-state index contributed by atoms with van der Waals surface area (Å²) in [5, 5.41) is 11.3. The molecule has 0 fully saturated rings. The highest BCUT2D eigenvalue weighted by atomic mass is 32.2. The first-order valence-corrected chi connectivity index (χ1v) is 12.6. The number of aryl methyl sites for hydroxylation is 1. The summed E-state index contributed by atoms with van der Waals surface area (Å²) in [5.74, 6) is 0.443. The Balaban J connectivity index is 3.00. The molecule has 1 rings (SSSR count). The van der Waals surface area contributed by atoms with E-state index in [4.69, 9.17) is 0 Å². The molecule has 0 atom stereocenters. The predicted molar refractivity (Wildman–Crippen MR) is 104 cm³/mol. The lowest BCUT2D eigenvalue weighted by atomic mass is 10.1. The van der Waals surface area contributed by atoms with E-state index in [0.717, 1.165) is 5.56 Å². The molecule has 0 heterocycles. The topological polar surface area (TPSA) is 20.2 Å². The van der Waals surface area contributed by atoms with E-state index in [9.17, 15) is 5.11 Å². The molecule has 0 aliphatic rings. The van der Waals surface area contributed by atoms with Crippen LogP contribution in [0.25, 0.3) is 0 Å². The summed E-state index contributed by atoms with van der Waals surface area (Å²) >= 11 is 2.07. The van der Waals surface area contributed by atoms with Crippen molar-refractivity contribution in [2.75, 3.05) is 5.38 Å². The van der Waals surface area contributed by atoms with Gasteiger partial charge in [0.15, 0.2) is 0 Å². The standard InChI is InChI=1S/C19H34OSSi/c1-7-10-22(11-8-2,12-9-3)14-21-19-15(4)13-18(20)16(5)17(19)6/h13,20H,7-12,14H2,1-6H3. The van der Waals surface area contributed by atoms with Crippen LogP contribution in [0.3, 0.4) is 0 Å². The molecule has 1 N–H and O–H groups in total. The van der Waals surface area contributed by atoms with Crippen molar-refractivity contribution in [1.29, 1.82) is 0 Å². The molecular formula is C19H34OSSi. The maximum atomic E-state index is 9.99. The Kier molecular flexibility index (Phi) is 8.05. The molecule has 0 bridgehead atoms. The molecule has 22 heavy (non-hydrogen) atoms. The second-order valence-corrected chi connectivity index (χ2v) is 13.2. The highest BCUT2D eigenvalue weighted by Gasteiger charge is 2.30. The van der Waals surface area contributed by atoms with Gasteiger partial charge >= 0.3 is 0 Å². The lowest BCUT2D eigenvalue weighted by molar-refractivity contribution is 0.469. The number of benzene rings is 1. The van der Waals surface area contributed by atoms with E-state index >= 15 is 0 Å². The number of aromatic hydroxyl groups is 1. The summed E-state index contributed by atoms with van der Waals surface area (Å²) in [7, 11) is -1.15. The second-order valence-electron chi connectivity index (χ2n) is 6.83. The Bertz CT molecular complexity index is 468. The molecule has 0 aromatic heterocycles. The monoisotopic (exact) mass is 338 g/mol. The van der Waals surface area contributed by atoms with Gasteiger partial charge in [-0.05, 0) is 48.9 Å². The van der Waals surface area contributed by atoms with E-state index in [2.05, 4.69) is 46.4 Å². The van der Waals surface area contributed by atoms with Crippen LogP contribution in [-0.2, 0) is 0 Å². The van der Waals surface area contributed by atoms with Gasteiger partial charge in [0.2, 0.25) is 0 Å². The van der Waals surface area contributed by atoms with Crippen LogP contribution in [0.4, 0.5) is 0 Å². The molecule has 0 unspecified atom stereocenters. The van der Waals surface area contributed by atoms with E-state index < -0.39 is 8.07 Å². The molecule has 1 nitrogen and oxygen atoms in total. The normalized spacial score (nSPS) is 11.9. The molecule has 3 heteroatoms. The van der Waals surface area contributed by atoms with E-state index in [0.29, 0.717) is 5.75 Å². The van der Waals surface area contributed by atoms with Crippen molar-refractivity contribution in [3.8, 4) is 5.75 Å². The Morgan fingerprint density at radius 3 is 1.86 bits per heavy atom. The highest BCUT2D eigenvalue weighted by molar-refractivity contribution is 8.01. The minimum absolute atomic E-state index is 0.443. The molecular weight excluding hydrogens is 304 g/mol. The van der Waals surface area contributed by atoms with Crippen LogP contribution in [0, 0.1) is 20.8 Å². The van der Waals surface area contributed by atoms with Gasteiger partial charge < -0.3 is 5.11 Å². The first kappa shape index (κ1) is 19.6. The molecule has 0 radical (unpaired) electrons. The summed E-state index contributed by atoms with van der Waals surface area (Å²) < 4.78 is 0. The SMILES string of the molecule is CCC[Si](CCC)(CCC)CSc1c(C)cc(O)c(C)c1C. The highest BCUT2D eigenvalue weighted by Crippen LogP contribution is 2.38. The van der Waals surface area contributed by atoms with Gasteiger partial charge in [-0.3, -0.25) is 0 Å². The fourth-order valence-electron chi connectivity index (χ4n) is 3.67. The number of hydrogen-bond acceptors (Lipinski definition) is 2. The summed E-state index contributed by atoms with van der Waals surface area (Å²) in [6.45, 7) is 13.4. The van der Waals surface area contributed by atoms with Gasteiger partial charge in [-0.15, -0.1) is 11.8 Å². The van der Waals surface area contributed by atoms with Gasteiger partial charge in [0.1, 0.15) is 5.75 Å². The molecule has 1 aromatic rings. The van der Waals surface area contributed by atoms with Crippen LogP contribution in [-0.4, -0.2) is 18.6 Å². The van der Waals surface area contributed by atoms with Gasteiger partial charge in [-0.1, -0.05) is 58.2 Å². The summed E-state index contributed by atoms with van der Waals surface area (Å²) in [5.41, 5.74) is 3.55. The number of rotatable bonds is 9. The Labute approximate surface area is 142 Å². The van der Waals surface area contributed by atoms with Crippen molar-refractivity contribution in [2.24, 2.45) is 0 Å². The molecule has 0 saturated heterocycles. The Hall–Kier alpha value is -0.413. The van der Waals surface area contributed by atoms with Crippen LogP contribution in [0.2, 0.25) is 18.1 Å². The zero-order valence-electron chi connectivity index (χ0n) is 15.4. The summed E-state index contributed by atoms with van der Waals surface area (Å²) in [6.07, 6.45) is 4.00. The number of phenolic OH excluding ortho intramolecular Hbond substituents is 1. The van der Waals surface area contributed by atoms with Gasteiger partial charge in [-0.25, -0.2) is 0 Å². The van der Waals surface area contributed by atoms with Gasteiger partial charge in [0.25, 0.3) is 0 Å². The fourth-order valence-corrected chi connectivity index (χ4v) is 11.8. The Morgan fingerprint density at radius 1 is 0.909 bits per heavy atom. The van der Waals surface area contributed by atoms with Crippen LogP contribution in [0.1, 0.15) is 56.7 Å². The summed E-state index contributed by atoms with van der Waals surface area (Å²) in [6, 6.07) is 6.35. The average Bonchev–Trinajstić information content (AvgIpc) is 2.45.